The van der Waals surface area contributed by atoms with Crippen molar-refractivity contribution >= 4 is 97.5 Å². The second-order valence-corrected chi connectivity index (χ2v) is 25.7. The number of phenols is 1. The molecule has 93 heavy (non-hydrogen) atoms. The Morgan fingerprint density at radius 1 is 0.656 bits per heavy atom. The third-order valence-electron chi connectivity index (χ3n) is 15.8. The number of carbonyl (C=O) groups is 11. The largest absolute Gasteiger partial charge is 0.508 e. The van der Waals surface area contributed by atoms with Crippen molar-refractivity contribution in [2.45, 2.75) is 113 Å². The van der Waals surface area contributed by atoms with Gasteiger partial charge in [-0.15, -0.1) is 0 Å². The van der Waals surface area contributed by atoms with Crippen LogP contribution in [0.1, 0.15) is 56.2 Å². The molecule has 3 heterocycles. The number of benzene rings is 3. The van der Waals surface area contributed by atoms with Gasteiger partial charge >= 0.3 is 17.9 Å². The van der Waals surface area contributed by atoms with Crippen LogP contribution in [0.4, 0.5) is 0 Å². The molecule has 4 aromatic rings. The number of aromatic nitrogens is 1. The maximum absolute atomic E-state index is 15.3. The van der Waals surface area contributed by atoms with E-state index in [1.807, 2.05) is 0 Å². The Bertz CT molecular complexity index is 3190. The van der Waals surface area contributed by atoms with Crippen LogP contribution in [-0.4, -0.2) is 247 Å². The molecule has 2 aliphatic heterocycles. The number of hydrogen-bond acceptors (Lipinski definition) is 20. The summed E-state index contributed by atoms with van der Waals surface area (Å²) in [6, 6.07) is 10.4. The number of phenolic OH excluding ortho intramolecular Hbond substituents is 1. The molecule has 0 bridgehead atoms. The van der Waals surface area contributed by atoms with E-state index >= 15 is 14.4 Å². The van der Waals surface area contributed by atoms with E-state index in [0.717, 1.165) is 28.5 Å². The van der Waals surface area contributed by atoms with Gasteiger partial charge in [0, 0.05) is 93.1 Å². The lowest BCUT2D eigenvalue weighted by molar-refractivity contribution is -0.145. The highest BCUT2D eigenvalue weighted by molar-refractivity contribution is 8.76. The van der Waals surface area contributed by atoms with Crippen LogP contribution in [0.3, 0.4) is 0 Å². The second kappa shape index (κ2) is 36.9. The first-order valence-electron chi connectivity index (χ1n) is 30.5. The first-order valence-corrected chi connectivity index (χ1v) is 33.0. The van der Waals surface area contributed by atoms with Crippen LogP contribution in [0, 0.1) is 5.92 Å². The van der Waals surface area contributed by atoms with E-state index in [0.29, 0.717) is 34.0 Å². The summed E-state index contributed by atoms with van der Waals surface area (Å²) < 4.78 is 0. The lowest BCUT2D eigenvalue weighted by atomic mass is 9.90. The molecule has 0 aliphatic carbocycles. The standard InChI is InChI=1S/C62H84N12O17S2/c1-36(75)54-61(89)69-49(60(88)71-55(37(2)76)62(90)91)35-93-92-34-48(68-58(86)46(27-38-10-4-3-5-11-38)65-51(79)31-72-20-22-73(32-52(80)81)24-25-74(23-21-72)33-53(82)83)50(78)29-40(26-39-15-17-42(77)18-16-39)56(84)67-47(28-41-30-64-44-13-7-6-12-43(41)44)59(87)66-45(57(85)70-54)14-8-9-19-63/h3-7,10-13,15-18,30,36-37,40,45-49,54-55,64,75-77H,8-9,14,19-29,31-35,63H2,1-2H3,(H,65,79)(H,66,87)(H,67,84)(H,68,86)(H,69,89)(H,70,85)(H,71,88)(H,80,81)(H,82,83)(H,90,91)/t36-,37-,40-,45+,46-,47-,48+,49+,54?,55?/m1/s1. The van der Waals surface area contributed by atoms with Crippen LogP contribution in [0.15, 0.2) is 85.1 Å². The zero-order valence-electron chi connectivity index (χ0n) is 51.7. The number of ketones is 1. The molecule has 0 radical (unpaired) electrons. The van der Waals surface area contributed by atoms with Crippen molar-refractivity contribution in [2.75, 3.05) is 77.0 Å². The molecule has 0 saturated carbocycles. The average molecular weight is 1330 g/mol. The number of rotatable bonds is 24. The zero-order valence-corrected chi connectivity index (χ0v) is 53.3. The predicted molar refractivity (Wildman–Crippen MR) is 344 cm³/mol. The van der Waals surface area contributed by atoms with E-state index in [9.17, 15) is 69.0 Å². The number of nitrogens with zero attached hydrogens (tertiary/aromatic N) is 3. The minimum atomic E-state index is -1.88. The molecule has 2 unspecified atom stereocenters. The number of amides is 7. The number of nitrogens with one attached hydrogen (secondary N) is 8. The number of Topliss-reactive ketones (excluding diaryl/α,β-unsaturated/α-hetero) is 1. The van der Waals surface area contributed by atoms with E-state index in [4.69, 9.17) is 5.73 Å². The van der Waals surface area contributed by atoms with Gasteiger partial charge in [-0.1, -0.05) is 82.3 Å². The van der Waals surface area contributed by atoms with Gasteiger partial charge in [0.1, 0.15) is 36.0 Å². The monoisotopic (exact) mass is 1330 g/mol. The number of aliphatic hydroxyl groups excluding tert-OH is 2. The molecule has 31 heteroatoms. The van der Waals surface area contributed by atoms with Gasteiger partial charge in [-0.05, 0) is 81.0 Å². The molecule has 506 valence electrons. The summed E-state index contributed by atoms with van der Waals surface area (Å²) in [5.41, 5.74) is 8.15. The van der Waals surface area contributed by atoms with Crippen molar-refractivity contribution in [3.8, 4) is 5.75 Å². The van der Waals surface area contributed by atoms with Gasteiger partial charge in [0.25, 0.3) is 0 Å². The number of para-hydroxylation sites is 1. The highest BCUT2D eigenvalue weighted by Gasteiger charge is 2.38. The number of aromatic amines is 1. The van der Waals surface area contributed by atoms with E-state index in [2.05, 4.69) is 42.2 Å². The molecular weight excluding hydrogens is 1250 g/mol. The molecule has 16 N–H and O–H groups in total. The Morgan fingerprint density at radius 2 is 1.25 bits per heavy atom. The summed E-state index contributed by atoms with van der Waals surface area (Å²) >= 11 is 0. The number of aliphatic carboxylic acids is 3. The van der Waals surface area contributed by atoms with E-state index in [1.54, 1.807) is 75.5 Å². The summed E-state index contributed by atoms with van der Waals surface area (Å²) in [6.45, 7) is 2.76. The van der Waals surface area contributed by atoms with Crippen LogP contribution in [-0.2, 0) is 72.0 Å². The number of aromatic hydroxyl groups is 1. The summed E-state index contributed by atoms with van der Waals surface area (Å²) in [4.78, 5) is 161. The van der Waals surface area contributed by atoms with Crippen molar-refractivity contribution in [3.05, 3.63) is 102 Å². The van der Waals surface area contributed by atoms with Crippen molar-refractivity contribution in [3.63, 3.8) is 0 Å². The van der Waals surface area contributed by atoms with Gasteiger partial charge in [-0.25, -0.2) is 4.79 Å². The molecular formula is C62H84N12O17S2. The van der Waals surface area contributed by atoms with Gasteiger partial charge in [0.15, 0.2) is 11.8 Å². The van der Waals surface area contributed by atoms with Gasteiger partial charge in [-0.2, -0.15) is 0 Å². The van der Waals surface area contributed by atoms with Crippen LogP contribution >= 0.6 is 21.6 Å². The van der Waals surface area contributed by atoms with Gasteiger partial charge < -0.3 is 78.6 Å². The first kappa shape index (κ1) is 73.9. The molecule has 10 atom stereocenters. The van der Waals surface area contributed by atoms with Crippen molar-refractivity contribution < 1.29 is 83.4 Å². The number of hydrogen-bond donors (Lipinski definition) is 15. The Kier molecular flexibility index (Phi) is 29.3. The maximum Gasteiger partial charge on any atom is 0.328 e. The number of fused-ring (bicyclic) bond motifs is 1. The molecule has 2 saturated heterocycles. The third kappa shape index (κ3) is 24.0. The lowest BCUT2D eigenvalue weighted by Crippen LogP contribution is -2.62. The molecule has 2 fully saturated rings. The van der Waals surface area contributed by atoms with Gasteiger partial charge in [-0.3, -0.25) is 62.6 Å². The Hall–Kier alpha value is -8.17. The Morgan fingerprint density at radius 3 is 1.85 bits per heavy atom. The average Bonchev–Trinajstić information content (AvgIpc) is 1.82. The van der Waals surface area contributed by atoms with Crippen molar-refractivity contribution in [1.29, 1.82) is 0 Å². The number of carboxylic acid groups (broad SMARTS) is 3. The van der Waals surface area contributed by atoms with E-state index in [1.165, 1.54) is 31.2 Å². The SMILES string of the molecule is C[C@@H](O)C(NC(=O)[C@@H]1CSSC[C@H](NC(=O)[C@@H](Cc2ccccc2)NC(=O)CN2CCN(CC(=O)O)CCN(CC(=O)O)CC2)C(=O)C[C@@H](Cc2ccc(O)cc2)C(=O)N[C@H](Cc2c[nH]c3ccccc23)C(=O)N[C@@H](CCCCN)C(=O)NC([C@@H](C)O)C(=O)N1)C(=O)O. The predicted octanol–water partition coefficient (Wildman–Crippen LogP) is -1.67. The van der Waals surface area contributed by atoms with Crippen molar-refractivity contribution in [1.82, 2.24) is 56.9 Å². The summed E-state index contributed by atoms with van der Waals surface area (Å²) in [5.74, 6) is -13.2. The van der Waals surface area contributed by atoms with E-state index in [-0.39, 0.29) is 109 Å². The Labute approximate surface area is 544 Å². The quantitative estimate of drug-likeness (QED) is 0.0275. The van der Waals surface area contributed by atoms with Crippen LogP contribution in [0.5, 0.6) is 5.75 Å². The number of carbonyl (C=O) groups excluding carboxylic acids is 8. The number of nitrogens with two attached hydrogens (primary N) is 1. The lowest BCUT2D eigenvalue weighted by Gasteiger charge is -2.29. The van der Waals surface area contributed by atoms with Gasteiger partial charge in [0.05, 0.1) is 37.9 Å². The topological polar surface area (TPSA) is 445 Å². The number of unbranched alkanes of at least 4 members (excludes halogenated alkanes) is 1. The molecule has 0 spiro atoms. The highest BCUT2D eigenvalue weighted by Crippen LogP contribution is 2.27. The minimum Gasteiger partial charge on any atom is -0.508 e. The fourth-order valence-corrected chi connectivity index (χ4v) is 13.0. The molecule has 1 aromatic heterocycles. The van der Waals surface area contributed by atoms with Crippen LogP contribution < -0.4 is 43.0 Å². The fraction of sp³-hybridized carbons (Fsp3) is 0.500. The summed E-state index contributed by atoms with van der Waals surface area (Å²) in [5, 5.41) is 79.8. The summed E-state index contributed by atoms with van der Waals surface area (Å²) in [7, 11) is 1.77. The normalized spacial score (nSPS) is 22.1. The number of carboxylic acids is 3. The minimum absolute atomic E-state index is 0.0605. The number of H-pyrrole nitrogens is 1. The number of aliphatic hydroxyl groups is 2. The highest BCUT2D eigenvalue weighted by atomic mass is 33.1. The fourth-order valence-electron chi connectivity index (χ4n) is 10.6. The van der Waals surface area contributed by atoms with Crippen LogP contribution in [0.25, 0.3) is 10.9 Å². The van der Waals surface area contributed by atoms with E-state index < -0.39 is 138 Å². The molecule has 29 nitrogen and oxygen atoms in total. The zero-order chi connectivity index (χ0) is 67.7. The third-order valence-corrected chi connectivity index (χ3v) is 18.2. The smallest absolute Gasteiger partial charge is 0.328 e. The molecule has 6 rings (SSSR count). The maximum atomic E-state index is 15.3. The second-order valence-electron chi connectivity index (χ2n) is 23.1. The van der Waals surface area contributed by atoms with Crippen LogP contribution in [0.2, 0.25) is 0 Å². The Balaban J connectivity index is 1.41. The molecule has 2 aliphatic rings. The molecule has 3 aromatic carbocycles. The molecule has 7 amide bonds. The van der Waals surface area contributed by atoms with Gasteiger partial charge in [0.2, 0.25) is 41.4 Å². The summed E-state index contributed by atoms with van der Waals surface area (Å²) in [6.07, 6.45) is -2.14. The van der Waals surface area contributed by atoms with Crippen molar-refractivity contribution in [2.24, 2.45) is 11.7 Å². The first-order chi connectivity index (χ1) is 44.4.